The van der Waals surface area contributed by atoms with Gasteiger partial charge in [-0.3, -0.25) is 9.59 Å². The fourth-order valence-corrected chi connectivity index (χ4v) is 3.35. The number of halogens is 4. The molecule has 142 valence electrons. The molecule has 0 radical (unpaired) electrons. The number of pyridine rings is 1. The van der Waals surface area contributed by atoms with Gasteiger partial charge in [0.25, 0.3) is 11.8 Å². The number of hydrogen-bond donors (Lipinski definition) is 1. The Morgan fingerprint density at radius 3 is 2.37 bits per heavy atom. The van der Waals surface area contributed by atoms with E-state index in [2.05, 4.69) is 10.3 Å². The number of benzene rings is 1. The molecule has 1 aliphatic heterocycles. The lowest BCUT2D eigenvalue weighted by molar-refractivity contribution is 0.0303. The van der Waals surface area contributed by atoms with Gasteiger partial charge in [0, 0.05) is 13.1 Å². The summed E-state index contributed by atoms with van der Waals surface area (Å²) in [6, 6.07) is 6.65. The third kappa shape index (κ3) is 4.31. The number of amides is 2. The fourth-order valence-electron chi connectivity index (χ4n) is 2.53. The van der Waals surface area contributed by atoms with Gasteiger partial charge in [0.05, 0.1) is 39.5 Å². The van der Waals surface area contributed by atoms with Gasteiger partial charge >= 0.3 is 0 Å². The van der Waals surface area contributed by atoms with E-state index in [1.54, 1.807) is 29.2 Å². The molecule has 0 spiro atoms. The minimum Gasteiger partial charge on any atom is -0.378 e. The summed E-state index contributed by atoms with van der Waals surface area (Å²) in [5, 5.41) is 2.26. The second kappa shape index (κ2) is 8.63. The number of nitrogens with zero attached hydrogens (tertiary/aromatic N) is 2. The van der Waals surface area contributed by atoms with Crippen molar-refractivity contribution in [1.29, 1.82) is 0 Å². The van der Waals surface area contributed by atoms with Crippen molar-refractivity contribution in [2.45, 2.75) is 0 Å². The summed E-state index contributed by atoms with van der Waals surface area (Å²) in [7, 11) is 0. The van der Waals surface area contributed by atoms with Crippen molar-refractivity contribution < 1.29 is 14.3 Å². The summed E-state index contributed by atoms with van der Waals surface area (Å²) < 4.78 is 5.26. The highest BCUT2D eigenvalue weighted by Gasteiger charge is 2.24. The van der Waals surface area contributed by atoms with E-state index < -0.39 is 5.91 Å². The Kier molecular flexibility index (Phi) is 6.44. The van der Waals surface area contributed by atoms with E-state index in [9.17, 15) is 9.59 Å². The molecule has 1 saturated heterocycles. The number of carbonyl (C=O) groups is 2. The van der Waals surface area contributed by atoms with Crippen LogP contribution in [0.15, 0.2) is 24.3 Å². The molecule has 1 fully saturated rings. The zero-order chi connectivity index (χ0) is 19.6. The van der Waals surface area contributed by atoms with Crippen LogP contribution in [0.1, 0.15) is 20.8 Å². The third-order valence-corrected chi connectivity index (χ3v) is 5.58. The first-order chi connectivity index (χ1) is 12.9. The number of anilines is 1. The van der Waals surface area contributed by atoms with E-state index in [1.165, 1.54) is 0 Å². The van der Waals surface area contributed by atoms with Crippen LogP contribution in [-0.4, -0.2) is 48.0 Å². The van der Waals surface area contributed by atoms with Gasteiger partial charge in [-0.2, -0.15) is 0 Å². The Balaban J connectivity index is 1.88. The number of carbonyl (C=O) groups excluding carboxylic acids is 2. The average molecular weight is 449 g/mol. The molecule has 0 bridgehead atoms. The van der Waals surface area contributed by atoms with Crippen LogP contribution in [0.5, 0.6) is 0 Å². The molecular weight excluding hydrogens is 436 g/mol. The van der Waals surface area contributed by atoms with Crippen LogP contribution < -0.4 is 5.32 Å². The number of para-hydroxylation sites is 1. The lowest BCUT2D eigenvalue weighted by Crippen LogP contribution is -2.41. The van der Waals surface area contributed by atoms with Crippen LogP contribution in [0.3, 0.4) is 0 Å². The first-order valence-corrected chi connectivity index (χ1v) is 9.38. The fraction of sp³-hybridized carbons (Fsp3) is 0.235. The van der Waals surface area contributed by atoms with Crippen LogP contribution in [-0.2, 0) is 4.74 Å². The third-order valence-electron chi connectivity index (χ3n) is 3.90. The molecule has 1 aromatic heterocycles. The number of hydrogen-bond acceptors (Lipinski definition) is 4. The molecule has 2 amide bonds. The predicted octanol–water partition coefficient (Wildman–Crippen LogP) is 4.42. The highest BCUT2D eigenvalue weighted by molar-refractivity contribution is 6.52. The van der Waals surface area contributed by atoms with Crippen LogP contribution in [0, 0.1) is 0 Å². The van der Waals surface area contributed by atoms with Crippen molar-refractivity contribution in [2.75, 3.05) is 31.6 Å². The molecule has 2 heterocycles. The average Bonchev–Trinajstić information content (AvgIpc) is 2.69. The molecule has 10 heteroatoms. The molecule has 0 aliphatic carbocycles. The maximum atomic E-state index is 12.8. The Bertz CT molecular complexity index is 901. The van der Waals surface area contributed by atoms with Gasteiger partial charge in [-0.25, -0.2) is 4.98 Å². The molecule has 0 unspecified atom stereocenters. The predicted molar refractivity (Wildman–Crippen MR) is 105 cm³/mol. The highest BCUT2D eigenvalue weighted by atomic mass is 35.5. The number of rotatable bonds is 3. The minimum atomic E-state index is -0.664. The molecule has 1 aliphatic rings. The van der Waals surface area contributed by atoms with E-state index in [1.807, 2.05) is 0 Å². The molecule has 0 atom stereocenters. The van der Waals surface area contributed by atoms with Gasteiger partial charge < -0.3 is 15.0 Å². The highest BCUT2D eigenvalue weighted by Crippen LogP contribution is 2.36. The summed E-state index contributed by atoms with van der Waals surface area (Å²) in [6.07, 6.45) is 0. The minimum absolute atomic E-state index is 0.0391. The molecule has 6 nitrogen and oxygen atoms in total. The molecule has 2 aromatic rings. The first-order valence-electron chi connectivity index (χ1n) is 7.87. The monoisotopic (exact) mass is 447 g/mol. The lowest BCUT2D eigenvalue weighted by atomic mass is 10.1. The second-order valence-corrected chi connectivity index (χ2v) is 7.09. The zero-order valence-corrected chi connectivity index (χ0v) is 16.8. The van der Waals surface area contributed by atoms with Gasteiger partial charge in [-0.05, 0) is 12.1 Å². The van der Waals surface area contributed by atoms with Crippen molar-refractivity contribution in [2.24, 2.45) is 0 Å². The smallest absolute Gasteiger partial charge is 0.275 e. The van der Waals surface area contributed by atoms with Gasteiger partial charge in [-0.15, -0.1) is 0 Å². The molecule has 1 N–H and O–H groups in total. The quantitative estimate of drug-likeness (QED) is 0.705. The number of aromatic nitrogens is 1. The molecule has 27 heavy (non-hydrogen) atoms. The Morgan fingerprint density at radius 1 is 1.00 bits per heavy atom. The van der Waals surface area contributed by atoms with Crippen LogP contribution in [0.25, 0.3) is 0 Å². The number of ether oxygens (including phenoxy) is 1. The summed E-state index contributed by atoms with van der Waals surface area (Å²) in [6.45, 7) is 1.91. The van der Waals surface area contributed by atoms with Gasteiger partial charge in [0.15, 0.2) is 0 Å². The SMILES string of the molecule is O=C(Nc1ccccc1C(=O)N1CCOCC1)c1nc(Cl)c(Cl)c(Cl)c1Cl. The molecule has 1 aromatic carbocycles. The zero-order valence-electron chi connectivity index (χ0n) is 13.8. The van der Waals surface area contributed by atoms with E-state index in [0.29, 0.717) is 37.6 Å². The topological polar surface area (TPSA) is 71.5 Å². The van der Waals surface area contributed by atoms with Gasteiger partial charge in [-0.1, -0.05) is 58.5 Å². The summed E-state index contributed by atoms with van der Waals surface area (Å²) in [5.41, 5.74) is 0.471. The van der Waals surface area contributed by atoms with Crippen LogP contribution in [0.2, 0.25) is 20.2 Å². The van der Waals surface area contributed by atoms with Crippen molar-refractivity contribution in [3.8, 4) is 0 Å². The van der Waals surface area contributed by atoms with Crippen LogP contribution >= 0.6 is 46.4 Å². The largest absolute Gasteiger partial charge is 0.378 e. The lowest BCUT2D eigenvalue weighted by Gasteiger charge is -2.27. The maximum Gasteiger partial charge on any atom is 0.275 e. The maximum absolute atomic E-state index is 12.8. The van der Waals surface area contributed by atoms with E-state index in [-0.39, 0.29) is 31.8 Å². The molecular formula is C17H13Cl4N3O3. The van der Waals surface area contributed by atoms with Crippen molar-refractivity contribution >= 4 is 63.9 Å². The molecule has 3 rings (SSSR count). The Labute approximate surface area is 175 Å². The molecule has 0 saturated carbocycles. The van der Waals surface area contributed by atoms with E-state index in [4.69, 9.17) is 51.1 Å². The van der Waals surface area contributed by atoms with Crippen LogP contribution in [0.4, 0.5) is 5.69 Å². The van der Waals surface area contributed by atoms with Gasteiger partial charge in [0.2, 0.25) is 0 Å². The van der Waals surface area contributed by atoms with Crippen molar-refractivity contribution in [3.05, 3.63) is 55.7 Å². The Hall–Kier alpha value is -1.57. The van der Waals surface area contributed by atoms with Crippen molar-refractivity contribution in [3.63, 3.8) is 0 Å². The number of morpholine rings is 1. The van der Waals surface area contributed by atoms with E-state index >= 15 is 0 Å². The second-order valence-electron chi connectivity index (χ2n) is 5.60. The number of nitrogens with one attached hydrogen (secondary N) is 1. The normalized spacial score (nSPS) is 14.1. The summed E-state index contributed by atoms with van der Waals surface area (Å²) in [5.74, 6) is -0.872. The standard InChI is InChI=1S/C17H13Cl4N3O3/c18-11-12(19)14(23-15(21)13(11)20)16(25)22-10-4-2-1-3-9(10)17(26)24-5-7-27-8-6-24/h1-4H,5-8H2,(H,22,25). The Morgan fingerprint density at radius 2 is 1.67 bits per heavy atom. The first kappa shape index (κ1) is 20.2. The summed E-state index contributed by atoms with van der Waals surface area (Å²) >= 11 is 23.8. The van der Waals surface area contributed by atoms with E-state index in [0.717, 1.165) is 0 Å². The van der Waals surface area contributed by atoms with Crippen molar-refractivity contribution in [1.82, 2.24) is 9.88 Å². The summed E-state index contributed by atoms with van der Waals surface area (Å²) in [4.78, 5) is 31.0. The van der Waals surface area contributed by atoms with Gasteiger partial charge in [0.1, 0.15) is 10.8 Å².